The molecule has 0 radical (unpaired) electrons. The molecule has 0 spiro atoms. The summed E-state index contributed by atoms with van der Waals surface area (Å²) in [6.07, 6.45) is 2.10. The van der Waals surface area contributed by atoms with E-state index in [-0.39, 0.29) is 12.1 Å². The van der Waals surface area contributed by atoms with E-state index < -0.39 is 0 Å². The number of para-hydroxylation sites is 1. The Morgan fingerprint density at radius 1 is 0.971 bits per heavy atom. The standard InChI is InChI=1S/C32H35NO2/c1-4-34-32-20-25(17-16-22(32)2)30-21-26(35-31-15-8-7-13-29(30)31)18-19-33-23(3)27-14-9-11-24-10-5-6-12-28(24)27/h5-17,20,23,26,30,33H,4,18-19,21H2,1-3H3/t23-,26?,30?/m1/s1. The zero-order chi connectivity index (χ0) is 24.2. The van der Waals surface area contributed by atoms with Crippen LogP contribution in [-0.2, 0) is 0 Å². The van der Waals surface area contributed by atoms with Gasteiger partial charge in [0.05, 0.1) is 6.61 Å². The van der Waals surface area contributed by atoms with Gasteiger partial charge >= 0.3 is 0 Å². The van der Waals surface area contributed by atoms with Gasteiger partial charge in [-0.2, -0.15) is 0 Å². The summed E-state index contributed by atoms with van der Waals surface area (Å²) >= 11 is 0. The summed E-state index contributed by atoms with van der Waals surface area (Å²) in [5.41, 5.74) is 5.10. The molecule has 180 valence electrons. The van der Waals surface area contributed by atoms with Gasteiger partial charge in [0.2, 0.25) is 0 Å². The molecule has 4 aromatic carbocycles. The average molecular weight is 466 g/mol. The van der Waals surface area contributed by atoms with Gasteiger partial charge in [0.15, 0.2) is 0 Å². The summed E-state index contributed by atoms with van der Waals surface area (Å²) in [6, 6.07) is 30.6. The molecule has 35 heavy (non-hydrogen) atoms. The maximum absolute atomic E-state index is 6.47. The smallest absolute Gasteiger partial charge is 0.123 e. The number of ether oxygens (including phenoxy) is 2. The highest BCUT2D eigenvalue weighted by atomic mass is 16.5. The van der Waals surface area contributed by atoms with Crippen LogP contribution in [0.25, 0.3) is 10.8 Å². The minimum Gasteiger partial charge on any atom is -0.494 e. The normalized spacial score (nSPS) is 18.0. The van der Waals surface area contributed by atoms with Crippen LogP contribution in [-0.4, -0.2) is 19.3 Å². The lowest BCUT2D eigenvalue weighted by molar-refractivity contribution is 0.154. The third-order valence-electron chi connectivity index (χ3n) is 7.21. The first kappa shape index (κ1) is 23.4. The van der Waals surface area contributed by atoms with E-state index in [0.29, 0.717) is 12.5 Å². The third-order valence-corrected chi connectivity index (χ3v) is 7.21. The Hall–Kier alpha value is -3.30. The monoisotopic (exact) mass is 465 g/mol. The molecular weight excluding hydrogens is 430 g/mol. The third kappa shape index (κ3) is 5.06. The number of fused-ring (bicyclic) bond motifs is 2. The van der Waals surface area contributed by atoms with Crippen LogP contribution in [0, 0.1) is 6.92 Å². The molecule has 3 atom stereocenters. The SMILES string of the molecule is CCOc1cc(C2CC(CCN[C@H](C)c3cccc4ccccc34)Oc3ccccc32)ccc1C. The largest absolute Gasteiger partial charge is 0.494 e. The van der Waals surface area contributed by atoms with Crippen LogP contribution >= 0.6 is 0 Å². The van der Waals surface area contributed by atoms with Crippen LogP contribution in [0.1, 0.15) is 60.9 Å². The number of hydrogen-bond acceptors (Lipinski definition) is 3. The van der Waals surface area contributed by atoms with Crippen LogP contribution in [0.5, 0.6) is 11.5 Å². The lowest BCUT2D eigenvalue weighted by Crippen LogP contribution is -2.31. The molecule has 1 aliphatic heterocycles. The molecular formula is C32H35NO2. The van der Waals surface area contributed by atoms with Crippen molar-refractivity contribution in [3.63, 3.8) is 0 Å². The number of hydrogen-bond donors (Lipinski definition) is 1. The van der Waals surface area contributed by atoms with E-state index in [4.69, 9.17) is 9.47 Å². The molecule has 2 unspecified atom stereocenters. The van der Waals surface area contributed by atoms with Gasteiger partial charge in [0, 0.05) is 17.5 Å². The van der Waals surface area contributed by atoms with Gasteiger partial charge in [0.1, 0.15) is 17.6 Å². The van der Waals surface area contributed by atoms with Gasteiger partial charge in [-0.25, -0.2) is 0 Å². The Labute approximate surface area is 209 Å². The van der Waals surface area contributed by atoms with E-state index in [9.17, 15) is 0 Å². The van der Waals surface area contributed by atoms with E-state index in [1.54, 1.807) is 0 Å². The molecule has 5 rings (SSSR count). The summed E-state index contributed by atoms with van der Waals surface area (Å²) in [5, 5.41) is 6.36. The Kier molecular flexibility index (Phi) is 7.06. The molecule has 0 aromatic heterocycles. The van der Waals surface area contributed by atoms with Crippen molar-refractivity contribution in [1.29, 1.82) is 0 Å². The van der Waals surface area contributed by atoms with Crippen LogP contribution in [0.4, 0.5) is 0 Å². The zero-order valence-corrected chi connectivity index (χ0v) is 21.0. The molecule has 0 fully saturated rings. The molecule has 3 nitrogen and oxygen atoms in total. The van der Waals surface area contributed by atoms with Crippen molar-refractivity contribution in [2.75, 3.05) is 13.2 Å². The second kappa shape index (κ2) is 10.5. The number of nitrogens with one attached hydrogen (secondary N) is 1. The maximum atomic E-state index is 6.47. The summed E-state index contributed by atoms with van der Waals surface area (Å²) in [6.45, 7) is 7.99. The minimum atomic E-state index is 0.166. The van der Waals surface area contributed by atoms with E-state index in [1.165, 1.54) is 33.0 Å². The van der Waals surface area contributed by atoms with Crippen molar-refractivity contribution < 1.29 is 9.47 Å². The second-order valence-corrected chi connectivity index (χ2v) is 9.56. The molecule has 1 aliphatic rings. The topological polar surface area (TPSA) is 30.5 Å². The van der Waals surface area contributed by atoms with Crippen molar-refractivity contribution >= 4 is 10.8 Å². The van der Waals surface area contributed by atoms with Crippen molar-refractivity contribution in [1.82, 2.24) is 5.32 Å². The van der Waals surface area contributed by atoms with Crippen LogP contribution in [0.3, 0.4) is 0 Å². The van der Waals surface area contributed by atoms with E-state index in [1.807, 2.05) is 6.92 Å². The van der Waals surface area contributed by atoms with Crippen LogP contribution in [0.2, 0.25) is 0 Å². The minimum absolute atomic E-state index is 0.166. The average Bonchev–Trinajstić information content (AvgIpc) is 2.89. The van der Waals surface area contributed by atoms with Crippen LogP contribution < -0.4 is 14.8 Å². The molecule has 1 N–H and O–H groups in total. The molecule has 1 heterocycles. The molecule has 0 bridgehead atoms. The van der Waals surface area contributed by atoms with Crippen molar-refractivity contribution in [3.05, 3.63) is 107 Å². The summed E-state index contributed by atoms with van der Waals surface area (Å²) in [4.78, 5) is 0. The van der Waals surface area contributed by atoms with Gasteiger partial charge in [-0.1, -0.05) is 72.8 Å². The zero-order valence-electron chi connectivity index (χ0n) is 21.0. The van der Waals surface area contributed by atoms with Gasteiger partial charge in [0.25, 0.3) is 0 Å². The van der Waals surface area contributed by atoms with E-state index >= 15 is 0 Å². The quantitative estimate of drug-likeness (QED) is 0.291. The first-order valence-electron chi connectivity index (χ1n) is 12.8. The predicted molar refractivity (Wildman–Crippen MR) is 145 cm³/mol. The Morgan fingerprint density at radius 2 is 1.77 bits per heavy atom. The van der Waals surface area contributed by atoms with Gasteiger partial charge < -0.3 is 14.8 Å². The fourth-order valence-corrected chi connectivity index (χ4v) is 5.33. The van der Waals surface area contributed by atoms with E-state index in [0.717, 1.165) is 30.9 Å². The van der Waals surface area contributed by atoms with Gasteiger partial charge in [-0.3, -0.25) is 0 Å². The summed E-state index contributed by atoms with van der Waals surface area (Å²) in [5.74, 6) is 2.30. The van der Waals surface area contributed by atoms with Gasteiger partial charge in [-0.05, 0) is 79.8 Å². The number of aryl methyl sites for hydroxylation is 1. The molecule has 3 heteroatoms. The molecule has 4 aromatic rings. The number of benzene rings is 4. The Balaban J connectivity index is 1.30. The Morgan fingerprint density at radius 3 is 2.66 bits per heavy atom. The fraction of sp³-hybridized carbons (Fsp3) is 0.312. The lowest BCUT2D eigenvalue weighted by atomic mass is 9.83. The summed E-state index contributed by atoms with van der Waals surface area (Å²) < 4.78 is 12.4. The van der Waals surface area contributed by atoms with Crippen molar-refractivity contribution in [2.45, 2.75) is 51.7 Å². The highest BCUT2D eigenvalue weighted by Crippen LogP contribution is 2.42. The maximum Gasteiger partial charge on any atom is 0.123 e. The Bertz CT molecular complexity index is 1290. The van der Waals surface area contributed by atoms with Gasteiger partial charge in [-0.15, -0.1) is 0 Å². The fourth-order valence-electron chi connectivity index (χ4n) is 5.33. The molecule has 0 amide bonds. The van der Waals surface area contributed by atoms with Crippen molar-refractivity contribution in [3.8, 4) is 11.5 Å². The molecule has 0 aliphatic carbocycles. The number of rotatable bonds is 8. The summed E-state index contributed by atoms with van der Waals surface area (Å²) in [7, 11) is 0. The second-order valence-electron chi connectivity index (χ2n) is 9.56. The van der Waals surface area contributed by atoms with Crippen LogP contribution in [0.15, 0.2) is 84.9 Å². The first-order chi connectivity index (χ1) is 17.1. The van der Waals surface area contributed by atoms with Crippen molar-refractivity contribution in [2.24, 2.45) is 0 Å². The van der Waals surface area contributed by atoms with E-state index in [2.05, 4.69) is 104 Å². The highest BCUT2D eigenvalue weighted by molar-refractivity contribution is 5.86. The lowest BCUT2D eigenvalue weighted by Gasteiger charge is -2.33. The molecule has 0 saturated carbocycles. The predicted octanol–water partition coefficient (Wildman–Crippen LogP) is 7.57. The molecule has 0 saturated heterocycles. The highest BCUT2D eigenvalue weighted by Gasteiger charge is 2.29. The first-order valence-corrected chi connectivity index (χ1v) is 12.8.